The molecule has 27 heavy (non-hydrogen) atoms. The molecule has 0 saturated heterocycles. The molecule has 3 rings (SSSR count). The highest BCUT2D eigenvalue weighted by atomic mass is 15.2. The summed E-state index contributed by atoms with van der Waals surface area (Å²) in [7, 11) is 0. The predicted octanol–water partition coefficient (Wildman–Crippen LogP) is 6.77. The highest BCUT2D eigenvalue weighted by molar-refractivity contribution is 5.90. The minimum absolute atomic E-state index is 0.0498. The number of anilines is 1. The Hall–Kier alpha value is -2.35. The average Bonchev–Trinajstić information content (AvgIpc) is 2.58. The van der Waals surface area contributed by atoms with Crippen molar-refractivity contribution in [3.8, 4) is 0 Å². The summed E-state index contributed by atoms with van der Waals surface area (Å²) >= 11 is 0. The van der Waals surface area contributed by atoms with Crippen molar-refractivity contribution in [1.29, 1.82) is 0 Å². The molecule has 0 aromatic heterocycles. The minimum atomic E-state index is 0.0498. The largest absolute Gasteiger partial charge is 0.362 e. The fraction of sp³-hybridized carbons (Fsp3) is 0.400. The summed E-state index contributed by atoms with van der Waals surface area (Å²) in [4.78, 5) is 7.31. The molecule has 2 nitrogen and oxygen atoms in total. The molecule has 0 spiro atoms. The van der Waals surface area contributed by atoms with E-state index in [0.717, 1.165) is 18.7 Å². The van der Waals surface area contributed by atoms with Gasteiger partial charge in [0.25, 0.3) is 0 Å². The zero-order valence-corrected chi connectivity index (χ0v) is 17.9. The Morgan fingerprint density at radius 1 is 1.00 bits per heavy atom. The van der Waals surface area contributed by atoms with Gasteiger partial charge in [0, 0.05) is 24.0 Å². The van der Waals surface area contributed by atoms with Gasteiger partial charge in [-0.15, -0.1) is 0 Å². The lowest BCUT2D eigenvalue weighted by Gasteiger charge is -2.43. The van der Waals surface area contributed by atoms with Crippen LogP contribution in [0.3, 0.4) is 0 Å². The van der Waals surface area contributed by atoms with Crippen LogP contribution in [0.4, 0.5) is 11.4 Å². The first kappa shape index (κ1) is 19.4. The summed E-state index contributed by atoms with van der Waals surface area (Å²) in [5, 5.41) is 0. The van der Waals surface area contributed by atoms with Crippen molar-refractivity contribution < 1.29 is 0 Å². The van der Waals surface area contributed by atoms with Crippen LogP contribution in [0.2, 0.25) is 0 Å². The van der Waals surface area contributed by atoms with E-state index in [1.807, 2.05) is 6.21 Å². The van der Waals surface area contributed by atoms with Crippen LogP contribution in [0.1, 0.15) is 61.9 Å². The van der Waals surface area contributed by atoms with E-state index in [-0.39, 0.29) is 5.54 Å². The monoisotopic (exact) mass is 360 g/mol. The van der Waals surface area contributed by atoms with Crippen molar-refractivity contribution in [2.75, 3.05) is 11.4 Å². The topological polar surface area (TPSA) is 15.6 Å². The molecule has 0 N–H and O–H groups in total. The van der Waals surface area contributed by atoms with Crippen LogP contribution in [0.25, 0.3) is 5.57 Å². The molecule has 0 unspecified atom stereocenters. The molecule has 1 aliphatic heterocycles. The first-order valence-corrected chi connectivity index (χ1v) is 9.96. The molecule has 1 aliphatic rings. The molecular weight excluding hydrogens is 328 g/mol. The molecule has 0 atom stereocenters. The molecule has 0 bridgehead atoms. The van der Waals surface area contributed by atoms with Crippen molar-refractivity contribution in [2.45, 2.75) is 60.4 Å². The Kier molecular flexibility index (Phi) is 5.28. The number of fused-ring (bicyclic) bond motifs is 1. The van der Waals surface area contributed by atoms with Gasteiger partial charge >= 0.3 is 0 Å². The maximum Gasteiger partial charge on any atom is 0.0659 e. The van der Waals surface area contributed by atoms with Gasteiger partial charge in [-0.2, -0.15) is 0 Å². The maximum atomic E-state index is 4.78. The third-order valence-electron chi connectivity index (χ3n) is 5.51. The van der Waals surface area contributed by atoms with Crippen LogP contribution in [0, 0.1) is 20.8 Å². The van der Waals surface area contributed by atoms with Crippen molar-refractivity contribution in [1.82, 2.24) is 0 Å². The first-order chi connectivity index (χ1) is 12.7. The summed E-state index contributed by atoms with van der Waals surface area (Å²) in [6.07, 6.45) is 5.56. The molecule has 0 amide bonds. The number of nitrogens with zero attached hydrogens (tertiary/aromatic N) is 2. The molecule has 2 aromatic carbocycles. The Balaban J connectivity index is 2.03. The van der Waals surface area contributed by atoms with E-state index in [1.165, 1.54) is 39.1 Å². The highest BCUT2D eigenvalue weighted by Gasteiger charge is 2.31. The van der Waals surface area contributed by atoms with Gasteiger partial charge < -0.3 is 4.90 Å². The second kappa shape index (κ2) is 7.34. The fourth-order valence-corrected chi connectivity index (χ4v) is 4.11. The highest BCUT2D eigenvalue weighted by Crippen LogP contribution is 2.40. The second-order valence-corrected chi connectivity index (χ2v) is 8.41. The molecule has 0 radical (unpaired) electrons. The van der Waals surface area contributed by atoms with Crippen molar-refractivity contribution in [2.24, 2.45) is 4.99 Å². The summed E-state index contributed by atoms with van der Waals surface area (Å²) < 4.78 is 0. The van der Waals surface area contributed by atoms with E-state index in [1.54, 1.807) is 0 Å². The van der Waals surface area contributed by atoms with Gasteiger partial charge in [0.1, 0.15) is 0 Å². The number of hydrogen-bond acceptors (Lipinski definition) is 2. The van der Waals surface area contributed by atoms with Gasteiger partial charge in [0.15, 0.2) is 0 Å². The molecule has 0 fully saturated rings. The van der Waals surface area contributed by atoms with Crippen LogP contribution >= 0.6 is 0 Å². The van der Waals surface area contributed by atoms with E-state index in [9.17, 15) is 0 Å². The molecule has 2 heteroatoms. The lowest BCUT2D eigenvalue weighted by molar-refractivity contribution is 0.550. The van der Waals surface area contributed by atoms with E-state index >= 15 is 0 Å². The van der Waals surface area contributed by atoms with Crippen LogP contribution in [-0.2, 0) is 0 Å². The molecule has 0 saturated carbocycles. The smallest absolute Gasteiger partial charge is 0.0659 e. The van der Waals surface area contributed by atoms with Crippen molar-refractivity contribution in [3.63, 3.8) is 0 Å². The standard InChI is InChI=1S/C25H32N2/c1-8-11-27-24-13-18(3)21(14-22(24)20(5)15-25(27,6)7)16-26-23-10-9-17(2)12-19(23)4/h9-10,12-16H,8,11H2,1-7H3. The Morgan fingerprint density at radius 2 is 1.74 bits per heavy atom. The Bertz CT molecular complexity index is 916. The molecule has 2 aromatic rings. The quantitative estimate of drug-likeness (QED) is 0.549. The predicted molar refractivity (Wildman–Crippen MR) is 120 cm³/mol. The zero-order chi connectivity index (χ0) is 19.8. The summed E-state index contributed by atoms with van der Waals surface area (Å²) in [5.74, 6) is 0. The van der Waals surface area contributed by atoms with Crippen molar-refractivity contribution >= 4 is 23.2 Å². The van der Waals surface area contributed by atoms with E-state index in [0.29, 0.717) is 0 Å². The van der Waals surface area contributed by atoms with Gasteiger partial charge in [-0.3, -0.25) is 4.99 Å². The number of aryl methyl sites for hydroxylation is 3. The lowest BCUT2D eigenvalue weighted by atomic mass is 9.87. The normalized spacial score (nSPS) is 15.8. The SMILES string of the molecule is CCCN1c2cc(C)c(C=Nc3ccc(C)cc3C)cc2C(C)=CC1(C)C. The van der Waals surface area contributed by atoms with Crippen LogP contribution < -0.4 is 4.90 Å². The first-order valence-electron chi connectivity index (χ1n) is 9.96. The van der Waals surface area contributed by atoms with Gasteiger partial charge in [-0.1, -0.05) is 30.7 Å². The average molecular weight is 361 g/mol. The minimum Gasteiger partial charge on any atom is -0.362 e. The molecule has 1 heterocycles. The number of allylic oxidation sites excluding steroid dienone is 1. The van der Waals surface area contributed by atoms with Gasteiger partial charge in [-0.05, 0) is 88.4 Å². The number of hydrogen-bond donors (Lipinski definition) is 0. The van der Waals surface area contributed by atoms with E-state index in [2.05, 4.69) is 89.8 Å². The summed E-state index contributed by atoms with van der Waals surface area (Å²) in [6.45, 7) is 16.6. The number of aliphatic imine (C=N–C) groups is 1. The zero-order valence-electron chi connectivity index (χ0n) is 17.9. The van der Waals surface area contributed by atoms with Gasteiger partial charge in [0.05, 0.1) is 11.2 Å². The van der Waals surface area contributed by atoms with Crippen LogP contribution in [-0.4, -0.2) is 18.3 Å². The number of rotatable bonds is 4. The van der Waals surface area contributed by atoms with E-state index < -0.39 is 0 Å². The summed E-state index contributed by atoms with van der Waals surface area (Å²) in [6, 6.07) is 11.1. The van der Waals surface area contributed by atoms with Gasteiger partial charge in [-0.25, -0.2) is 0 Å². The number of benzene rings is 2. The maximum absolute atomic E-state index is 4.78. The second-order valence-electron chi connectivity index (χ2n) is 8.41. The Morgan fingerprint density at radius 3 is 2.41 bits per heavy atom. The van der Waals surface area contributed by atoms with Crippen LogP contribution in [0.15, 0.2) is 41.4 Å². The molecule has 0 aliphatic carbocycles. The third kappa shape index (κ3) is 3.85. The third-order valence-corrected chi connectivity index (χ3v) is 5.51. The summed E-state index contributed by atoms with van der Waals surface area (Å²) in [5.41, 5.74) is 10.1. The van der Waals surface area contributed by atoms with E-state index in [4.69, 9.17) is 4.99 Å². The van der Waals surface area contributed by atoms with Crippen LogP contribution in [0.5, 0.6) is 0 Å². The lowest BCUT2D eigenvalue weighted by Crippen LogP contribution is -2.45. The van der Waals surface area contributed by atoms with Gasteiger partial charge in [0.2, 0.25) is 0 Å². The molecular formula is C25H32N2. The molecule has 142 valence electrons. The van der Waals surface area contributed by atoms with Crippen molar-refractivity contribution in [3.05, 3.63) is 64.2 Å². The Labute approximate surface area is 164 Å². The fourth-order valence-electron chi connectivity index (χ4n) is 4.11.